The first kappa shape index (κ1) is 9.32. The lowest BCUT2D eigenvalue weighted by Gasteiger charge is -1.96. The molecule has 0 spiro atoms. The topological polar surface area (TPSA) is 96.9 Å². The van der Waals surface area contributed by atoms with Gasteiger partial charge in [0.05, 0.1) is 0 Å². The number of anilines is 2. The predicted octanol–water partition coefficient (Wildman–Crippen LogP) is 1.15. The van der Waals surface area contributed by atoms with Crippen molar-refractivity contribution in [1.82, 2.24) is 10.1 Å². The number of carbonyl (C=O) groups is 1. The minimum Gasteiger partial charge on any atom is -0.397 e. The average Bonchev–Trinajstić information content (AvgIpc) is 2.75. The summed E-state index contributed by atoms with van der Waals surface area (Å²) in [6.45, 7) is 1.75. The van der Waals surface area contributed by atoms with E-state index in [4.69, 9.17) is 10.3 Å². The van der Waals surface area contributed by atoms with Crippen LogP contribution in [0.4, 0.5) is 11.5 Å². The third-order valence-electron chi connectivity index (χ3n) is 1.82. The van der Waals surface area contributed by atoms with E-state index in [0.717, 1.165) is 0 Å². The number of aryl methyl sites for hydroxylation is 1. The standard InChI is InChI=1S/C9H10N4O2/c1-5-2-8(13-15-5)12-9(14)7-3-6(10)4-11-7/h2-4,11H,10H2,1H3,(H,12,13,14). The Kier molecular flexibility index (Phi) is 2.17. The number of hydrogen-bond acceptors (Lipinski definition) is 4. The third kappa shape index (κ3) is 1.98. The van der Waals surface area contributed by atoms with Crippen LogP contribution in [0.25, 0.3) is 0 Å². The molecule has 0 atom stereocenters. The Balaban J connectivity index is 2.10. The van der Waals surface area contributed by atoms with Crippen molar-refractivity contribution < 1.29 is 9.32 Å². The van der Waals surface area contributed by atoms with Crippen molar-refractivity contribution in [2.45, 2.75) is 6.92 Å². The lowest BCUT2D eigenvalue weighted by atomic mass is 10.4. The molecule has 0 aliphatic rings. The number of nitrogens with two attached hydrogens (primary N) is 1. The molecule has 0 saturated heterocycles. The maximum absolute atomic E-state index is 11.6. The van der Waals surface area contributed by atoms with Crippen LogP contribution in [0, 0.1) is 6.92 Å². The number of nitrogens with zero attached hydrogens (tertiary/aromatic N) is 1. The van der Waals surface area contributed by atoms with Crippen molar-refractivity contribution in [3.05, 3.63) is 29.8 Å². The zero-order valence-electron chi connectivity index (χ0n) is 8.07. The van der Waals surface area contributed by atoms with E-state index in [9.17, 15) is 4.79 Å². The largest absolute Gasteiger partial charge is 0.397 e. The van der Waals surface area contributed by atoms with Crippen LogP contribution < -0.4 is 11.1 Å². The molecule has 1 amide bonds. The molecule has 78 valence electrons. The number of rotatable bonds is 2. The van der Waals surface area contributed by atoms with Gasteiger partial charge in [0.1, 0.15) is 11.5 Å². The highest BCUT2D eigenvalue weighted by molar-refractivity contribution is 6.02. The number of amides is 1. The fourth-order valence-corrected chi connectivity index (χ4v) is 1.15. The lowest BCUT2D eigenvalue weighted by molar-refractivity contribution is 0.102. The molecule has 6 nitrogen and oxygen atoms in total. The van der Waals surface area contributed by atoms with Crippen molar-refractivity contribution >= 4 is 17.4 Å². The van der Waals surface area contributed by atoms with Crippen LogP contribution in [0.15, 0.2) is 22.9 Å². The number of aromatic amines is 1. The van der Waals surface area contributed by atoms with Gasteiger partial charge in [-0.25, -0.2) is 0 Å². The molecule has 2 aromatic rings. The summed E-state index contributed by atoms with van der Waals surface area (Å²) in [5, 5.41) is 6.20. The van der Waals surface area contributed by atoms with Gasteiger partial charge < -0.3 is 20.6 Å². The highest BCUT2D eigenvalue weighted by Crippen LogP contribution is 2.10. The minimum atomic E-state index is -0.306. The fraction of sp³-hybridized carbons (Fsp3) is 0.111. The molecule has 0 unspecified atom stereocenters. The Morgan fingerprint density at radius 2 is 2.40 bits per heavy atom. The van der Waals surface area contributed by atoms with Gasteiger partial charge in [-0.15, -0.1) is 0 Å². The molecular weight excluding hydrogens is 196 g/mol. The summed E-state index contributed by atoms with van der Waals surface area (Å²) >= 11 is 0. The second kappa shape index (κ2) is 3.49. The SMILES string of the molecule is Cc1cc(NC(=O)c2cc(N)c[nH]2)no1. The first-order chi connectivity index (χ1) is 7.15. The van der Waals surface area contributed by atoms with Crippen LogP contribution in [0.5, 0.6) is 0 Å². The first-order valence-electron chi connectivity index (χ1n) is 4.34. The average molecular weight is 206 g/mol. The van der Waals surface area contributed by atoms with Gasteiger partial charge in [0.15, 0.2) is 5.82 Å². The molecule has 0 saturated carbocycles. The number of H-pyrrole nitrogens is 1. The number of nitrogens with one attached hydrogen (secondary N) is 2. The van der Waals surface area contributed by atoms with Crippen LogP contribution in [0.2, 0.25) is 0 Å². The summed E-state index contributed by atoms with van der Waals surface area (Å²) in [5.74, 6) is 0.710. The molecule has 0 aliphatic heterocycles. The summed E-state index contributed by atoms with van der Waals surface area (Å²) in [5.41, 5.74) is 6.36. The lowest BCUT2D eigenvalue weighted by Crippen LogP contribution is -2.12. The second-order valence-electron chi connectivity index (χ2n) is 3.12. The molecule has 2 rings (SSSR count). The third-order valence-corrected chi connectivity index (χ3v) is 1.82. The zero-order chi connectivity index (χ0) is 10.8. The van der Waals surface area contributed by atoms with Crippen LogP contribution >= 0.6 is 0 Å². The van der Waals surface area contributed by atoms with Crippen LogP contribution in [0.1, 0.15) is 16.2 Å². The number of nitrogen functional groups attached to an aromatic ring is 1. The highest BCUT2D eigenvalue weighted by atomic mass is 16.5. The van der Waals surface area contributed by atoms with Crippen molar-refractivity contribution in [2.24, 2.45) is 0 Å². The maximum atomic E-state index is 11.6. The highest BCUT2D eigenvalue weighted by Gasteiger charge is 2.09. The van der Waals surface area contributed by atoms with E-state index in [1.165, 1.54) is 0 Å². The molecule has 0 fully saturated rings. The first-order valence-corrected chi connectivity index (χ1v) is 4.34. The smallest absolute Gasteiger partial charge is 0.273 e. The monoisotopic (exact) mass is 206 g/mol. The molecule has 0 aromatic carbocycles. The summed E-state index contributed by atoms with van der Waals surface area (Å²) in [6.07, 6.45) is 1.54. The van der Waals surface area contributed by atoms with Crippen molar-refractivity contribution in [2.75, 3.05) is 11.1 Å². The quantitative estimate of drug-likeness (QED) is 0.686. The predicted molar refractivity (Wildman–Crippen MR) is 54.4 cm³/mol. The Morgan fingerprint density at radius 3 is 2.93 bits per heavy atom. The van der Waals surface area contributed by atoms with E-state index in [2.05, 4.69) is 15.5 Å². The van der Waals surface area contributed by atoms with Crippen LogP contribution in [-0.2, 0) is 0 Å². The van der Waals surface area contributed by atoms with Crippen LogP contribution in [-0.4, -0.2) is 16.0 Å². The zero-order valence-corrected chi connectivity index (χ0v) is 8.07. The molecule has 2 aromatic heterocycles. The van der Waals surface area contributed by atoms with Gasteiger partial charge in [0.2, 0.25) is 0 Å². The molecule has 0 aliphatic carbocycles. The van der Waals surface area contributed by atoms with Crippen molar-refractivity contribution in [1.29, 1.82) is 0 Å². The van der Waals surface area contributed by atoms with E-state index in [0.29, 0.717) is 23.0 Å². The Morgan fingerprint density at radius 1 is 1.60 bits per heavy atom. The molecular formula is C9H10N4O2. The van der Waals surface area contributed by atoms with Gasteiger partial charge >= 0.3 is 0 Å². The molecule has 15 heavy (non-hydrogen) atoms. The van der Waals surface area contributed by atoms with E-state index < -0.39 is 0 Å². The summed E-state index contributed by atoms with van der Waals surface area (Å²) in [4.78, 5) is 14.3. The van der Waals surface area contributed by atoms with Crippen molar-refractivity contribution in [3.8, 4) is 0 Å². The second-order valence-corrected chi connectivity index (χ2v) is 3.12. The van der Waals surface area contributed by atoms with Crippen LogP contribution in [0.3, 0.4) is 0 Å². The van der Waals surface area contributed by atoms with Gasteiger partial charge in [-0.3, -0.25) is 4.79 Å². The van der Waals surface area contributed by atoms with E-state index in [1.807, 2.05) is 0 Å². The van der Waals surface area contributed by atoms with E-state index >= 15 is 0 Å². The Bertz CT molecular complexity index is 486. The number of carbonyl (C=O) groups excluding carboxylic acids is 1. The fourth-order valence-electron chi connectivity index (χ4n) is 1.15. The maximum Gasteiger partial charge on any atom is 0.273 e. The summed E-state index contributed by atoms with van der Waals surface area (Å²) < 4.78 is 4.81. The van der Waals surface area contributed by atoms with Crippen molar-refractivity contribution in [3.63, 3.8) is 0 Å². The van der Waals surface area contributed by atoms with E-state index in [1.54, 1.807) is 25.3 Å². The van der Waals surface area contributed by atoms with Gasteiger partial charge in [0, 0.05) is 18.0 Å². The number of hydrogen-bond donors (Lipinski definition) is 3. The molecule has 2 heterocycles. The number of aromatic nitrogens is 2. The summed E-state index contributed by atoms with van der Waals surface area (Å²) in [6, 6.07) is 3.17. The molecule has 0 bridgehead atoms. The molecule has 4 N–H and O–H groups in total. The minimum absolute atomic E-state index is 0.306. The normalized spacial score (nSPS) is 10.2. The summed E-state index contributed by atoms with van der Waals surface area (Å²) in [7, 11) is 0. The van der Waals surface area contributed by atoms with Gasteiger partial charge in [-0.05, 0) is 13.0 Å². The van der Waals surface area contributed by atoms with E-state index in [-0.39, 0.29) is 5.91 Å². The molecule has 0 radical (unpaired) electrons. The van der Waals surface area contributed by atoms with Gasteiger partial charge in [-0.1, -0.05) is 5.16 Å². The molecule has 6 heteroatoms. The Hall–Kier alpha value is -2.24. The van der Waals surface area contributed by atoms with Gasteiger partial charge in [0.25, 0.3) is 5.91 Å². The van der Waals surface area contributed by atoms with Gasteiger partial charge in [-0.2, -0.15) is 0 Å². The Labute approximate surface area is 85.4 Å².